The number of hydrogen-bond donors (Lipinski definition) is 1. The molecule has 166 valence electrons. The van der Waals surface area contributed by atoms with Gasteiger partial charge in [-0.25, -0.2) is 0 Å². The lowest BCUT2D eigenvalue weighted by atomic mass is 9.87. The summed E-state index contributed by atoms with van der Waals surface area (Å²) in [6, 6.07) is 17.4. The Morgan fingerprint density at radius 1 is 1.03 bits per heavy atom. The van der Waals surface area contributed by atoms with Gasteiger partial charge < -0.3 is 14.0 Å². The first kappa shape index (κ1) is 21.6. The maximum Gasteiger partial charge on any atom is 0.274 e. The summed E-state index contributed by atoms with van der Waals surface area (Å²) >= 11 is 0. The molecule has 2 amide bonds. The molecule has 1 aromatic heterocycles. The van der Waals surface area contributed by atoms with E-state index >= 15 is 0 Å². The minimum atomic E-state index is -0.400. The van der Waals surface area contributed by atoms with Crippen LogP contribution in [0.1, 0.15) is 33.2 Å². The Morgan fingerprint density at radius 3 is 2.41 bits per heavy atom. The summed E-state index contributed by atoms with van der Waals surface area (Å²) in [5.74, 6) is 0.610. The smallest absolute Gasteiger partial charge is 0.274 e. The third-order valence-corrected chi connectivity index (χ3v) is 5.86. The number of amides is 2. The second kappa shape index (κ2) is 9.28. The van der Waals surface area contributed by atoms with Crippen LogP contribution in [-0.4, -0.2) is 48.6 Å². The molecule has 1 aliphatic heterocycles. The maximum absolute atomic E-state index is 12.8. The highest BCUT2D eigenvalue weighted by Crippen LogP contribution is 2.40. The SMILES string of the molecule is COc1cc2c(cc1OC)[C@@H](c1ccccc1)N(CC(=O)NC(=O)c1cccn1C)CC2. The number of fused-ring (bicyclic) bond motifs is 1. The Bertz CT molecular complexity index is 1120. The summed E-state index contributed by atoms with van der Waals surface area (Å²) < 4.78 is 12.7. The first-order valence-electron chi connectivity index (χ1n) is 10.5. The minimum absolute atomic E-state index is 0.101. The molecule has 7 nitrogen and oxygen atoms in total. The van der Waals surface area contributed by atoms with E-state index in [-0.39, 0.29) is 18.5 Å². The fourth-order valence-electron chi connectivity index (χ4n) is 4.31. The van der Waals surface area contributed by atoms with Crippen LogP contribution in [0.4, 0.5) is 0 Å². The molecule has 4 rings (SSSR count). The second-order valence-corrected chi connectivity index (χ2v) is 7.82. The Morgan fingerprint density at radius 2 is 1.75 bits per heavy atom. The molecule has 0 saturated heterocycles. The molecule has 1 aliphatic rings. The lowest BCUT2D eigenvalue weighted by molar-refractivity contribution is -0.121. The molecular weight excluding hydrogens is 406 g/mol. The van der Waals surface area contributed by atoms with Crippen molar-refractivity contribution in [2.24, 2.45) is 7.05 Å². The van der Waals surface area contributed by atoms with E-state index in [9.17, 15) is 9.59 Å². The van der Waals surface area contributed by atoms with Gasteiger partial charge in [-0.15, -0.1) is 0 Å². The van der Waals surface area contributed by atoms with E-state index in [0.717, 1.165) is 23.1 Å². The number of carbonyl (C=O) groups is 2. The number of methoxy groups -OCH3 is 2. The normalized spacial score (nSPS) is 15.7. The van der Waals surface area contributed by atoms with E-state index in [2.05, 4.69) is 22.3 Å². The monoisotopic (exact) mass is 433 g/mol. The summed E-state index contributed by atoms with van der Waals surface area (Å²) in [6.07, 6.45) is 2.53. The molecule has 0 fully saturated rings. The molecule has 0 spiro atoms. The van der Waals surface area contributed by atoms with Crippen molar-refractivity contribution in [3.8, 4) is 11.5 Å². The van der Waals surface area contributed by atoms with Crippen LogP contribution in [0.3, 0.4) is 0 Å². The number of imide groups is 1. The number of carbonyl (C=O) groups excluding carboxylic acids is 2. The number of hydrogen-bond acceptors (Lipinski definition) is 5. The third-order valence-electron chi connectivity index (χ3n) is 5.86. The van der Waals surface area contributed by atoms with Gasteiger partial charge in [-0.2, -0.15) is 0 Å². The Balaban J connectivity index is 1.63. The van der Waals surface area contributed by atoms with Crippen LogP contribution < -0.4 is 14.8 Å². The molecule has 2 aromatic carbocycles. The Hall–Kier alpha value is -3.58. The van der Waals surface area contributed by atoms with Gasteiger partial charge in [0.2, 0.25) is 5.91 Å². The van der Waals surface area contributed by atoms with Crippen molar-refractivity contribution in [1.29, 1.82) is 0 Å². The summed E-state index contributed by atoms with van der Waals surface area (Å²) in [6.45, 7) is 0.775. The van der Waals surface area contributed by atoms with Gasteiger partial charge in [0.1, 0.15) is 5.69 Å². The molecule has 0 aliphatic carbocycles. The highest BCUT2D eigenvalue weighted by molar-refractivity contribution is 6.04. The molecule has 32 heavy (non-hydrogen) atoms. The second-order valence-electron chi connectivity index (χ2n) is 7.82. The first-order chi connectivity index (χ1) is 15.5. The molecule has 0 radical (unpaired) electrons. The topological polar surface area (TPSA) is 72.8 Å². The van der Waals surface area contributed by atoms with E-state index in [1.807, 2.05) is 30.3 Å². The van der Waals surface area contributed by atoms with Crippen molar-refractivity contribution in [2.75, 3.05) is 27.3 Å². The number of ether oxygens (including phenoxy) is 2. The number of rotatable bonds is 6. The van der Waals surface area contributed by atoms with E-state index in [1.54, 1.807) is 44.2 Å². The number of nitrogens with zero attached hydrogens (tertiary/aromatic N) is 2. The highest BCUT2D eigenvalue weighted by Gasteiger charge is 2.32. The fourth-order valence-corrected chi connectivity index (χ4v) is 4.31. The standard InChI is InChI=1S/C25H27N3O4/c1-27-12-7-10-20(27)25(30)26-23(29)16-28-13-11-18-14-21(31-2)22(32-3)15-19(18)24(28)17-8-5-4-6-9-17/h4-10,12,14-15,24H,11,13,16H2,1-3H3,(H,26,29,30)/t24-/m1/s1. The summed E-state index contributed by atoms with van der Waals surface area (Å²) in [5, 5.41) is 2.52. The van der Waals surface area contributed by atoms with Gasteiger partial charge in [-0.1, -0.05) is 30.3 Å². The number of aryl methyl sites for hydroxylation is 1. The van der Waals surface area contributed by atoms with Crippen LogP contribution in [0.25, 0.3) is 0 Å². The number of aromatic nitrogens is 1. The average Bonchev–Trinajstić information content (AvgIpc) is 3.24. The van der Waals surface area contributed by atoms with Crippen molar-refractivity contribution in [3.63, 3.8) is 0 Å². The van der Waals surface area contributed by atoms with Gasteiger partial charge in [0.05, 0.1) is 26.8 Å². The van der Waals surface area contributed by atoms with Gasteiger partial charge in [-0.3, -0.25) is 19.8 Å². The van der Waals surface area contributed by atoms with Crippen LogP contribution in [0, 0.1) is 0 Å². The summed E-state index contributed by atoms with van der Waals surface area (Å²) in [7, 11) is 5.02. The molecule has 0 bridgehead atoms. The van der Waals surface area contributed by atoms with Gasteiger partial charge >= 0.3 is 0 Å². The Kier molecular flexibility index (Phi) is 6.28. The third kappa shape index (κ3) is 4.24. The van der Waals surface area contributed by atoms with Crippen molar-refractivity contribution >= 4 is 11.8 Å². The van der Waals surface area contributed by atoms with E-state index in [4.69, 9.17) is 9.47 Å². The molecule has 2 heterocycles. The van der Waals surface area contributed by atoms with Gasteiger partial charge in [0.15, 0.2) is 11.5 Å². The van der Waals surface area contributed by atoms with E-state index in [1.165, 1.54) is 0 Å². The van der Waals surface area contributed by atoms with Crippen molar-refractivity contribution in [2.45, 2.75) is 12.5 Å². The van der Waals surface area contributed by atoms with Crippen molar-refractivity contribution in [1.82, 2.24) is 14.8 Å². The molecular formula is C25H27N3O4. The largest absolute Gasteiger partial charge is 0.493 e. The summed E-state index contributed by atoms with van der Waals surface area (Å²) in [4.78, 5) is 27.4. The van der Waals surface area contributed by atoms with Crippen molar-refractivity contribution in [3.05, 3.63) is 83.2 Å². The number of benzene rings is 2. The predicted octanol–water partition coefficient (Wildman–Crippen LogP) is 2.95. The van der Waals surface area contributed by atoms with Gasteiger partial charge in [-0.05, 0) is 47.4 Å². The average molecular weight is 434 g/mol. The van der Waals surface area contributed by atoms with Crippen LogP contribution in [0.15, 0.2) is 60.8 Å². The highest BCUT2D eigenvalue weighted by atomic mass is 16.5. The molecule has 7 heteroatoms. The van der Waals surface area contributed by atoms with Crippen LogP contribution in [0.2, 0.25) is 0 Å². The first-order valence-corrected chi connectivity index (χ1v) is 10.5. The molecule has 0 saturated carbocycles. The van der Waals surface area contributed by atoms with Gasteiger partial charge in [0.25, 0.3) is 5.91 Å². The zero-order valence-corrected chi connectivity index (χ0v) is 18.5. The van der Waals surface area contributed by atoms with E-state index in [0.29, 0.717) is 23.7 Å². The zero-order chi connectivity index (χ0) is 22.7. The van der Waals surface area contributed by atoms with Crippen LogP contribution >= 0.6 is 0 Å². The number of nitrogens with one attached hydrogen (secondary N) is 1. The van der Waals surface area contributed by atoms with Gasteiger partial charge in [0, 0.05) is 19.8 Å². The molecule has 0 unspecified atom stereocenters. The summed E-state index contributed by atoms with van der Waals surface area (Å²) in [5.41, 5.74) is 3.75. The zero-order valence-electron chi connectivity index (χ0n) is 18.5. The lowest BCUT2D eigenvalue weighted by Crippen LogP contribution is -2.44. The minimum Gasteiger partial charge on any atom is -0.493 e. The van der Waals surface area contributed by atoms with Crippen molar-refractivity contribution < 1.29 is 19.1 Å². The van der Waals surface area contributed by atoms with Crippen LogP contribution in [0.5, 0.6) is 11.5 Å². The molecule has 1 atom stereocenters. The maximum atomic E-state index is 12.8. The quantitative estimate of drug-likeness (QED) is 0.647. The molecule has 1 N–H and O–H groups in total. The Labute approximate surface area is 187 Å². The predicted molar refractivity (Wildman–Crippen MR) is 121 cm³/mol. The lowest BCUT2D eigenvalue weighted by Gasteiger charge is -2.37. The molecule has 3 aromatic rings. The fraction of sp³-hybridized carbons (Fsp3) is 0.280. The van der Waals surface area contributed by atoms with E-state index < -0.39 is 5.91 Å². The van der Waals surface area contributed by atoms with Crippen LogP contribution in [-0.2, 0) is 18.3 Å².